The zero-order valence-electron chi connectivity index (χ0n) is 19.6. The summed E-state index contributed by atoms with van der Waals surface area (Å²) in [6, 6.07) is 11.0. The lowest BCUT2D eigenvalue weighted by Crippen LogP contribution is -2.27. The molecule has 0 aliphatic rings. The molecule has 35 heavy (non-hydrogen) atoms. The van der Waals surface area contributed by atoms with Crippen LogP contribution in [0, 0.1) is 15.5 Å². The molecule has 0 unspecified atom stereocenters. The Morgan fingerprint density at radius 3 is 2.66 bits per heavy atom. The van der Waals surface area contributed by atoms with Crippen LogP contribution in [-0.2, 0) is 25.8 Å². The molecule has 3 N–H and O–H groups in total. The van der Waals surface area contributed by atoms with Crippen molar-refractivity contribution in [1.82, 2.24) is 4.98 Å². The Morgan fingerprint density at radius 1 is 1.26 bits per heavy atom. The van der Waals surface area contributed by atoms with Gasteiger partial charge in [-0.2, -0.15) is 0 Å². The first-order valence-corrected chi connectivity index (χ1v) is 11.9. The van der Waals surface area contributed by atoms with Crippen molar-refractivity contribution in [1.29, 1.82) is 0 Å². The van der Waals surface area contributed by atoms with Gasteiger partial charge in [0, 0.05) is 18.9 Å². The van der Waals surface area contributed by atoms with Crippen molar-refractivity contribution in [2.75, 3.05) is 18.5 Å². The number of amides is 1. The molecule has 2 heterocycles. The van der Waals surface area contributed by atoms with Gasteiger partial charge in [0.15, 0.2) is 0 Å². The molecular formula is C24H28N4O6S. The van der Waals surface area contributed by atoms with Crippen LogP contribution in [0.4, 0.5) is 5.00 Å². The molecule has 186 valence electrons. The highest BCUT2D eigenvalue weighted by molar-refractivity contribution is 7.22. The summed E-state index contributed by atoms with van der Waals surface area (Å²) in [6.45, 7) is 3.59. The number of hydrogen-bond donors (Lipinski definition) is 2. The smallest absolute Gasteiger partial charge is 0.311 e. The van der Waals surface area contributed by atoms with Crippen LogP contribution in [0.3, 0.4) is 0 Å². The lowest BCUT2D eigenvalue weighted by Gasteiger charge is -2.22. The van der Waals surface area contributed by atoms with Crippen molar-refractivity contribution < 1.29 is 24.3 Å². The molecule has 1 aromatic carbocycles. The number of thiophene rings is 1. The maximum absolute atomic E-state index is 12.9. The van der Waals surface area contributed by atoms with Crippen molar-refractivity contribution in [3.8, 4) is 0 Å². The van der Waals surface area contributed by atoms with Gasteiger partial charge in [-0.15, -0.1) is 21.5 Å². The summed E-state index contributed by atoms with van der Waals surface area (Å²) in [5.41, 5.74) is 6.63. The highest BCUT2D eigenvalue weighted by atomic mass is 32.1. The molecular weight excluding hydrogens is 472 g/mol. The number of pyridine rings is 1. The molecule has 10 nitrogen and oxygen atoms in total. The van der Waals surface area contributed by atoms with Gasteiger partial charge in [-0.1, -0.05) is 24.3 Å². The molecule has 0 bridgehead atoms. The summed E-state index contributed by atoms with van der Waals surface area (Å²) < 4.78 is 6.42. The maximum atomic E-state index is 12.9. The maximum Gasteiger partial charge on any atom is 0.311 e. The molecule has 11 heteroatoms. The van der Waals surface area contributed by atoms with Gasteiger partial charge in [-0.25, -0.2) is 0 Å². The molecule has 2 aromatic heterocycles. The SMILES string of the molecule is CC(C)(CCCO[N+](=O)[O-])C(=O)OCc1ccc([C@@H](CN)C(=O)Nc2cc3ccncc3s2)cc1. The number of nitrogens with zero attached hydrogens (tertiary/aromatic N) is 2. The third-order valence-corrected chi connectivity index (χ3v) is 6.57. The van der Waals surface area contributed by atoms with Crippen molar-refractivity contribution in [3.05, 3.63) is 70.0 Å². The number of benzene rings is 1. The van der Waals surface area contributed by atoms with Crippen molar-refractivity contribution >= 4 is 38.3 Å². The molecule has 1 amide bonds. The number of carbonyl (C=O) groups excluding carboxylic acids is 2. The van der Waals surface area contributed by atoms with Gasteiger partial charge in [-0.05, 0) is 55.3 Å². The Bertz CT molecular complexity index is 1150. The second-order valence-electron chi connectivity index (χ2n) is 8.66. The standard InChI is InChI=1S/C24H28N4O6S/c1-24(2,9-3-11-34-28(31)32)23(30)33-15-16-4-6-17(7-5-16)19(13-25)22(29)27-21-12-18-8-10-26-14-20(18)35-21/h4-8,10,12,14,19H,3,9,11,13,15,25H2,1-2H3,(H,27,29)/t19-/m1/s1. The van der Waals surface area contributed by atoms with Crippen LogP contribution in [0.25, 0.3) is 10.1 Å². The van der Waals surface area contributed by atoms with Gasteiger partial charge < -0.3 is 20.6 Å². The summed E-state index contributed by atoms with van der Waals surface area (Å²) in [5, 5.41) is 14.0. The van der Waals surface area contributed by atoms with Gasteiger partial charge in [0.1, 0.15) is 6.61 Å². The third kappa shape index (κ3) is 7.20. The van der Waals surface area contributed by atoms with E-state index in [0.29, 0.717) is 12.8 Å². The van der Waals surface area contributed by atoms with Crippen LogP contribution in [0.1, 0.15) is 43.7 Å². The van der Waals surface area contributed by atoms with E-state index < -0.39 is 22.4 Å². The monoisotopic (exact) mass is 500 g/mol. The Kier molecular flexibility index (Phi) is 8.72. The highest BCUT2D eigenvalue weighted by Crippen LogP contribution is 2.30. The summed E-state index contributed by atoms with van der Waals surface area (Å²) in [5.74, 6) is -1.13. The molecule has 0 aliphatic heterocycles. The van der Waals surface area contributed by atoms with E-state index in [9.17, 15) is 19.7 Å². The average molecular weight is 501 g/mol. The number of rotatable bonds is 12. The zero-order valence-corrected chi connectivity index (χ0v) is 20.4. The van der Waals surface area contributed by atoms with Gasteiger partial charge >= 0.3 is 5.97 Å². The van der Waals surface area contributed by atoms with Crippen molar-refractivity contribution in [2.45, 2.75) is 39.2 Å². The van der Waals surface area contributed by atoms with Crippen LogP contribution >= 0.6 is 11.3 Å². The lowest BCUT2D eigenvalue weighted by molar-refractivity contribution is -0.757. The number of anilines is 1. The van der Waals surface area contributed by atoms with Crippen molar-refractivity contribution in [2.24, 2.45) is 11.1 Å². The molecule has 0 spiro atoms. The molecule has 1 atom stereocenters. The van der Waals surface area contributed by atoms with E-state index in [4.69, 9.17) is 10.5 Å². The first-order chi connectivity index (χ1) is 16.7. The van der Waals surface area contributed by atoms with E-state index in [2.05, 4.69) is 15.1 Å². The minimum Gasteiger partial charge on any atom is -0.460 e. The number of nitrogens with two attached hydrogens (primary N) is 1. The summed E-state index contributed by atoms with van der Waals surface area (Å²) in [7, 11) is 0. The van der Waals surface area contributed by atoms with Crippen LogP contribution in [0.15, 0.2) is 48.8 Å². The zero-order chi connectivity index (χ0) is 25.4. The number of ether oxygens (including phenoxy) is 1. The Hall–Kier alpha value is -3.57. The molecule has 0 radical (unpaired) electrons. The fraction of sp³-hybridized carbons (Fsp3) is 0.375. The minimum absolute atomic E-state index is 0.0683. The fourth-order valence-electron chi connectivity index (χ4n) is 3.49. The Balaban J connectivity index is 1.54. The van der Waals surface area contributed by atoms with E-state index >= 15 is 0 Å². The molecule has 3 rings (SSSR count). The Labute approximate surface area is 206 Å². The van der Waals surface area contributed by atoms with E-state index in [1.807, 2.05) is 12.1 Å². The van der Waals surface area contributed by atoms with Crippen LogP contribution < -0.4 is 11.1 Å². The lowest BCUT2D eigenvalue weighted by atomic mass is 9.88. The second-order valence-corrected chi connectivity index (χ2v) is 9.75. The van der Waals surface area contributed by atoms with Crippen molar-refractivity contribution in [3.63, 3.8) is 0 Å². The van der Waals surface area contributed by atoms with Crippen LogP contribution in [0.2, 0.25) is 0 Å². The fourth-order valence-corrected chi connectivity index (χ4v) is 4.43. The number of aromatic nitrogens is 1. The molecule has 0 saturated carbocycles. The topological polar surface area (TPSA) is 147 Å². The number of fused-ring (bicyclic) bond motifs is 1. The number of carbonyl (C=O) groups is 2. The first-order valence-electron chi connectivity index (χ1n) is 11.1. The minimum atomic E-state index is -0.852. The van der Waals surface area contributed by atoms with Gasteiger partial charge in [-0.3, -0.25) is 14.6 Å². The molecule has 3 aromatic rings. The quantitative estimate of drug-likeness (QED) is 0.164. The Morgan fingerprint density at radius 2 is 2.00 bits per heavy atom. The molecule has 0 fully saturated rings. The van der Waals surface area contributed by atoms with Crippen LogP contribution in [-0.4, -0.2) is 35.1 Å². The first kappa shape index (κ1) is 26.0. The normalized spacial score (nSPS) is 12.2. The second kappa shape index (κ2) is 11.7. The highest BCUT2D eigenvalue weighted by Gasteiger charge is 2.29. The van der Waals surface area contributed by atoms with Gasteiger partial charge in [0.05, 0.1) is 27.6 Å². The summed E-state index contributed by atoms with van der Waals surface area (Å²) in [6.07, 6.45) is 4.21. The summed E-state index contributed by atoms with van der Waals surface area (Å²) >= 11 is 1.45. The average Bonchev–Trinajstić information content (AvgIpc) is 3.23. The van der Waals surface area contributed by atoms with E-state index in [0.717, 1.165) is 26.2 Å². The molecule has 0 aliphatic carbocycles. The number of esters is 1. The van der Waals surface area contributed by atoms with Crippen LogP contribution in [0.5, 0.6) is 0 Å². The number of hydrogen-bond acceptors (Lipinski definition) is 9. The van der Waals surface area contributed by atoms with E-state index in [1.54, 1.807) is 50.5 Å². The predicted octanol–water partition coefficient (Wildman–Crippen LogP) is 4.04. The van der Waals surface area contributed by atoms with E-state index in [-0.39, 0.29) is 25.7 Å². The predicted molar refractivity (Wildman–Crippen MR) is 132 cm³/mol. The van der Waals surface area contributed by atoms with Gasteiger partial charge in [0.2, 0.25) is 5.91 Å². The van der Waals surface area contributed by atoms with Gasteiger partial charge in [0.25, 0.3) is 5.09 Å². The number of nitrogens with one attached hydrogen (secondary N) is 1. The van der Waals surface area contributed by atoms with E-state index in [1.165, 1.54) is 11.3 Å². The summed E-state index contributed by atoms with van der Waals surface area (Å²) in [4.78, 5) is 43.9. The largest absolute Gasteiger partial charge is 0.460 e. The third-order valence-electron chi connectivity index (χ3n) is 5.57. The molecule has 0 saturated heterocycles.